The number of hydrogen-bond donors (Lipinski definition) is 0. The maximum absolute atomic E-state index is 13.3. The molecule has 1 fully saturated rings. The molecule has 132 valence electrons. The fraction of sp³-hybridized carbons (Fsp3) is 0.471. The molecule has 1 heterocycles. The molecule has 0 aliphatic carbocycles. The molecule has 1 aromatic rings. The van der Waals surface area contributed by atoms with Crippen LogP contribution < -0.4 is 9.47 Å². The SMILES string of the molecule is C=CC(=O)N1CCCC(c2cc(OC)c(OC)c(C(F)(F)F)c2)C1. The summed E-state index contributed by atoms with van der Waals surface area (Å²) in [6.07, 6.45) is -1.91. The number of piperidine rings is 1. The molecular formula is C17H20F3NO3. The third-order valence-electron chi connectivity index (χ3n) is 4.19. The lowest BCUT2D eigenvalue weighted by molar-refractivity contribution is -0.139. The van der Waals surface area contributed by atoms with Crippen LogP contribution >= 0.6 is 0 Å². The fourth-order valence-corrected chi connectivity index (χ4v) is 3.01. The van der Waals surface area contributed by atoms with Crippen molar-refractivity contribution in [3.8, 4) is 11.5 Å². The van der Waals surface area contributed by atoms with Crippen molar-refractivity contribution in [1.82, 2.24) is 4.90 Å². The number of carbonyl (C=O) groups excluding carboxylic acids is 1. The van der Waals surface area contributed by atoms with Gasteiger partial charge in [-0.15, -0.1) is 0 Å². The van der Waals surface area contributed by atoms with Gasteiger partial charge in [-0.05, 0) is 36.6 Å². The van der Waals surface area contributed by atoms with Crippen molar-refractivity contribution in [2.75, 3.05) is 27.3 Å². The molecule has 0 saturated carbocycles. The number of methoxy groups -OCH3 is 2. The quantitative estimate of drug-likeness (QED) is 0.784. The summed E-state index contributed by atoms with van der Waals surface area (Å²) in [6.45, 7) is 4.40. The van der Waals surface area contributed by atoms with Crippen LogP contribution in [0.15, 0.2) is 24.8 Å². The van der Waals surface area contributed by atoms with E-state index in [1.807, 2.05) is 0 Å². The lowest BCUT2D eigenvalue weighted by atomic mass is 9.89. The van der Waals surface area contributed by atoms with Crippen LogP contribution in [0.25, 0.3) is 0 Å². The lowest BCUT2D eigenvalue weighted by Crippen LogP contribution is -2.38. The first-order valence-electron chi connectivity index (χ1n) is 7.56. The number of carbonyl (C=O) groups is 1. The highest BCUT2D eigenvalue weighted by Crippen LogP contribution is 2.44. The van der Waals surface area contributed by atoms with E-state index in [1.165, 1.54) is 20.3 Å². The third-order valence-corrected chi connectivity index (χ3v) is 4.19. The fourth-order valence-electron chi connectivity index (χ4n) is 3.01. The molecule has 1 saturated heterocycles. The Bertz CT molecular complexity index is 628. The van der Waals surface area contributed by atoms with Gasteiger partial charge in [0.05, 0.1) is 14.2 Å². The van der Waals surface area contributed by atoms with Crippen LogP contribution in [0.5, 0.6) is 11.5 Å². The molecule has 0 radical (unpaired) electrons. The normalized spacial score (nSPS) is 18.2. The minimum Gasteiger partial charge on any atom is -0.493 e. The van der Waals surface area contributed by atoms with E-state index < -0.39 is 11.7 Å². The summed E-state index contributed by atoms with van der Waals surface area (Å²) >= 11 is 0. The molecule has 0 N–H and O–H groups in total. The topological polar surface area (TPSA) is 38.8 Å². The monoisotopic (exact) mass is 343 g/mol. The second-order valence-electron chi connectivity index (χ2n) is 5.63. The Morgan fingerprint density at radius 1 is 1.33 bits per heavy atom. The molecule has 0 aromatic heterocycles. The minimum atomic E-state index is -4.56. The van der Waals surface area contributed by atoms with Crippen molar-refractivity contribution in [2.45, 2.75) is 24.9 Å². The molecule has 1 aliphatic rings. The highest BCUT2D eigenvalue weighted by atomic mass is 19.4. The van der Waals surface area contributed by atoms with Crippen LogP contribution in [0.3, 0.4) is 0 Å². The second-order valence-corrected chi connectivity index (χ2v) is 5.63. The molecule has 7 heteroatoms. The van der Waals surface area contributed by atoms with E-state index in [0.29, 0.717) is 25.1 Å². The molecule has 24 heavy (non-hydrogen) atoms. The number of amides is 1. The Morgan fingerprint density at radius 2 is 2.04 bits per heavy atom. The summed E-state index contributed by atoms with van der Waals surface area (Å²) in [5.74, 6) is -0.696. The number of rotatable bonds is 4. The molecule has 1 atom stereocenters. The van der Waals surface area contributed by atoms with Crippen molar-refractivity contribution in [1.29, 1.82) is 0 Å². The highest BCUT2D eigenvalue weighted by Gasteiger charge is 2.37. The molecular weight excluding hydrogens is 323 g/mol. The summed E-state index contributed by atoms with van der Waals surface area (Å²) in [5.41, 5.74) is -0.381. The number of likely N-dealkylation sites (tertiary alicyclic amines) is 1. The Hall–Kier alpha value is -2.18. The van der Waals surface area contributed by atoms with Crippen molar-refractivity contribution < 1.29 is 27.4 Å². The van der Waals surface area contributed by atoms with Gasteiger partial charge < -0.3 is 14.4 Å². The van der Waals surface area contributed by atoms with Gasteiger partial charge in [0, 0.05) is 19.0 Å². The van der Waals surface area contributed by atoms with Crippen LogP contribution in [0, 0.1) is 0 Å². The van der Waals surface area contributed by atoms with Crippen LogP contribution in [-0.4, -0.2) is 38.1 Å². The standard InChI is InChI=1S/C17H20F3NO3/c1-4-15(22)21-7-5-6-11(10-21)12-8-13(17(18,19)20)16(24-3)14(9-12)23-2/h4,8-9,11H,1,5-7,10H2,2-3H3. The van der Waals surface area contributed by atoms with Gasteiger partial charge in [-0.2, -0.15) is 13.2 Å². The Labute approximate surface area is 138 Å². The molecule has 2 rings (SSSR count). The molecule has 0 bridgehead atoms. The van der Waals surface area contributed by atoms with E-state index in [4.69, 9.17) is 9.47 Å². The van der Waals surface area contributed by atoms with Gasteiger partial charge in [-0.25, -0.2) is 0 Å². The highest BCUT2D eigenvalue weighted by molar-refractivity contribution is 5.87. The number of ether oxygens (including phenoxy) is 2. The first-order valence-corrected chi connectivity index (χ1v) is 7.56. The van der Waals surface area contributed by atoms with E-state index in [9.17, 15) is 18.0 Å². The van der Waals surface area contributed by atoms with Crippen LogP contribution in [0.4, 0.5) is 13.2 Å². The van der Waals surface area contributed by atoms with Crippen LogP contribution in [0.2, 0.25) is 0 Å². The first-order chi connectivity index (χ1) is 11.3. The average molecular weight is 343 g/mol. The zero-order valence-corrected chi connectivity index (χ0v) is 13.7. The number of nitrogens with zero attached hydrogens (tertiary/aromatic N) is 1. The van der Waals surface area contributed by atoms with Gasteiger partial charge in [-0.3, -0.25) is 4.79 Å². The summed E-state index contributed by atoms with van der Waals surface area (Å²) in [6, 6.07) is 2.65. The van der Waals surface area contributed by atoms with Gasteiger partial charge >= 0.3 is 6.18 Å². The van der Waals surface area contributed by atoms with Crippen molar-refractivity contribution >= 4 is 5.91 Å². The molecule has 1 amide bonds. The Kier molecular flexibility index (Phi) is 5.41. The molecule has 1 unspecified atom stereocenters. The molecule has 0 spiro atoms. The average Bonchev–Trinajstić information content (AvgIpc) is 2.58. The number of benzene rings is 1. The van der Waals surface area contributed by atoms with Gasteiger partial charge in [0.2, 0.25) is 5.91 Å². The van der Waals surface area contributed by atoms with E-state index in [-0.39, 0.29) is 23.3 Å². The van der Waals surface area contributed by atoms with E-state index >= 15 is 0 Å². The van der Waals surface area contributed by atoms with Gasteiger partial charge in [0.15, 0.2) is 11.5 Å². The molecule has 1 aromatic carbocycles. The number of hydrogen-bond acceptors (Lipinski definition) is 3. The maximum atomic E-state index is 13.3. The Morgan fingerprint density at radius 3 is 2.58 bits per heavy atom. The predicted octanol–water partition coefficient (Wildman–Crippen LogP) is 3.61. The number of alkyl halides is 3. The van der Waals surface area contributed by atoms with Crippen LogP contribution in [-0.2, 0) is 11.0 Å². The van der Waals surface area contributed by atoms with Gasteiger partial charge in [-0.1, -0.05) is 6.58 Å². The summed E-state index contributed by atoms with van der Waals surface area (Å²) < 4.78 is 50.0. The largest absolute Gasteiger partial charge is 0.493 e. The van der Waals surface area contributed by atoms with Crippen molar-refractivity contribution in [3.63, 3.8) is 0 Å². The summed E-state index contributed by atoms with van der Waals surface area (Å²) in [7, 11) is 2.48. The van der Waals surface area contributed by atoms with E-state index in [2.05, 4.69) is 6.58 Å². The van der Waals surface area contributed by atoms with Gasteiger partial charge in [0.25, 0.3) is 0 Å². The lowest BCUT2D eigenvalue weighted by Gasteiger charge is -2.33. The molecule has 4 nitrogen and oxygen atoms in total. The van der Waals surface area contributed by atoms with Crippen molar-refractivity contribution in [2.24, 2.45) is 0 Å². The Balaban J connectivity index is 2.43. The third kappa shape index (κ3) is 3.66. The second kappa shape index (κ2) is 7.15. The van der Waals surface area contributed by atoms with Crippen LogP contribution in [0.1, 0.15) is 29.9 Å². The first kappa shape index (κ1) is 18.2. The smallest absolute Gasteiger partial charge is 0.420 e. The zero-order chi connectivity index (χ0) is 17.9. The predicted molar refractivity (Wildman–Crippen MR) is 83.3 cm³/mol. The summed E-state index contributed by atoms with van der Waals surface area (Å²) in [4.78, 5) is 13.4. The van der Waals surface area contributed by atoms with E-state index in [1.54, 1.807) is 11.0 Å². The summed E-state index contributed by atoms with van der Waals surface area (Å²) in [5, 5.41) is 0. The zero-order valence-electron chi connectivity index (χ0n) is 13.7. The molecule has 1 aliphatic heterocycles. The number of halogens is 3. The van der Waals surface area contributed by atoms with E-state index in [0.717, 1.165) is 12.5 Å². The van der Waals surface area contributed by atoms with Gasteiger partial charge in [0.1, 0.15) is 5.56 Å². The maximum Gasteiger partial charge on any atom is 0.420 e. The minimum absolute atomic E-state index is 0.0366. The van der Waals surface area contributed by atoms with Crippen molar-refractivity contribution in [3.05, 3.63) is 35.9 Å².